The Bertz CT molecular complexity index is 1220. The predicted molar refractivity (Wildman–Crippen MR) is 166 cm³/mol. The number of hydrogen-bond acceptors (Lipinski definition) is 5. The summed E-state index contributed by atoms with van der Waals surface area (Å²) >= 11 is 0. The van der Waals surface area contributed by atoms with Crippen LogP contribution in [0.15, 0.2) is 12.1 Å². The van der Waals surface area contributed by atoms with E-state index in [0.717, 1.165) is 82.9 Å². The zero-order valence-corrected chi connectivity index (χ0v) is 26.6. The second-order valence-corrected chi connectivity index (χ2v) is 18.6. The van der Waals surface area contributed by atoms with Crippen molar-refractivity contribution in [2.75, 3.05) is 13.2 Å². The molecule has 5 nitrogen and oxygen atoms in total. The van der Waals surface area contributed by atoms with Gasteiger partial charge in [-0.1, -0.05) is 0 Å². The van der Waals surface area contributed by atoms with E-state index in [0.29, 0.717) is 6.61 Å². The van der Waals surface area contributed by atoms with E-state index in [1.807, 2.05) is 0 Å². The van der Waals surface area contributed by atoms with Crippen molar-refractivity contribution in [2.45, 2.75) is 138 Å². The first kappa shape index (κ1) is 26.4. The summed E-state index contributed by atoms with van der Waals surface area (Å²) in [6.07, 6.45) is 23.8. The summed E-state index contributed by atoms with van der Waals surface area (Å²) in [5.74, 6) is 11.1. The quantitative estimate of drug-likeness (QED) is 0.266. The minimum atomic E-state index is -0.0815. The van der Waals surface area contributed by atoms with Gasteiger partial charge in [0.2, 0.25) is 11.5 Å². The van der Waals surface area contributed by atoms with E-state index in [1.165, 1.54) is 116 Å². The van der Waals surface area contributed by atoms with Crippen LogP contribution in [-0.4, -0.2) is 36.1 Å². The average Bonchev–Trinajstić information content (AvgIpc) is 3.76. The average molecular weight is 601 g/mol. The third-order valence-electron chi connectivity index (χ3n) is 14.8. The summed E-state index contributed by atoms with van der Waals surface area (Å²) in [7, 11) is 0. The summed E-state index contributed by atoms with van der Waals surface area (Å²) in [5.41, 5.74) is -0.190. The second kappa shape index (κ2) is 9.26. The van der Waals surface area contributed by atoms with Gasteiger partial charge in [0, 0.05) is 0 Å². The Balaban J connectivity index is 1.01. The molecule has 1 aromatic carbocycles. The fourth-order valence-corrected chi connectivity index (χ4v) is 14.4. The molecule has 1 atom stereocenters. The van der Waals surface area contributed by atoms with Crippen LogP contribution in [0.1, 0.15) is 116 Å². The predicted octanol–water partition coefficient (Wildman–Crippen LogP) is 8.51. The van der Waals surface area contributed by atoms with E-state index in [1.54, 1.807) is 0 Å². The summed E-state index contributed by atoms with van der Waals surface area (Å²) in [5, 5.41) is 0. The van der Waals surface area contributed by atoms with E-state index < -0.39 is 0 Å². The highest BCUT2D eigenvalue weighted by Crippen LogP contribution is 2.63. The molecule has 0 spiro atoms. The summed E-state index contributed by atoms with van der Waals surface area (Å²) in [4.78, 5) is 0. The molecule has 0 aromatic heterocycles. The van der Waals surface area contributed by atoms with Crippen LogP contribution in [0, 0.1) is 53.3 Å². The number of ether oxygens (including phenoxy) is 5. The first-order valence-corrected chi connectivity index (χ1v) is 18.9. The summed E-state index contributed by atoms with van der Waals surface area (Å²) < 4.78 is 34.8. The molecule has 44 heavy (non-hydrogen) atoms. The van der Waals surface area contributed by atoms with Crippen molar-refractivity contribution >= 4 is 0 Å². The van der Waals surface area contributed by atoms with Gasteiger partial charge < -0.3 is 23.7 Å². The van der Waals surface area contributed by atoms with Crippen LogP contribution in [0.4, 0.5) is 0 Å². The molecule has 14 rings (SSSR count). The fraction of sp³-hybridized carbons (Fsp3) is 0.846. The van der Waals surface area contributed by atoms with Gasteiger partial charge >= 0.3 is 0 Å². The lowest BCUT2D eigenvalue weighted by Gasteiger charge is -2.58. The van der Waals surface area contributed by atoms with Crippen molar-refractivity contribution < 1.29 is 23.7 Å². The lowest BCUT2D eigenvalue weighted by Crippen LogP contribution is -2.55. The smallest absolute Gasteiger partial charge is 0.208 e. The molecule has 13 fully saturated rings. The Morgan fingerprint density at radius 2 is 0.795 bits per heavy atom. The van der Waals surface area contributed by atoms with Gasteiger partial charge in [-0.3, -0.25) is 0 Å². The van der Waals surface area contributed by atoms with Crippen molar-refractivity contribution in [3.05, 3.63) is 12.1 Å². The molecule has 0 radical (unpaired) electrons. The molecule has 1 saturated heterocycles. The van der Waals surface area contributed by atoms with Gasteiger partial charge in [0.25, 0.3) is 0 Å². The van der Waals surface area contributed by atoms with Gasteiger partial charge in [0.1, 0.15) is 29.5 Å². The minimum Gasteiger partial charge on any atom is -0.487 e. The molecule has 12 bridgehead atoms. The highest BCUT2D eigenvalue weighted by atomic mass is 16.6. The first-order valence-electron chi connectivity index (χ1n) is 18.9. The number of epoxide rings is 1. The topological polar surface area (TPSA) is 49.5 Å². The monoisotopic (exact) mass is 600 g/mol. The van der Waals surface area contributed by atoms with E-state index in [9.17, 15) is 0 Å². The Hall–Kier alpha value is -1.62. The molecule has 1 unspecified atom stereocenters. The molecule has 1 aliphatic heterocycles. The van der Waals surface area contributed by atoms with E-state index in [4.69, 9.17) is 23.7 Å². The maximum absolute atomic E-state index is 7.61. The van der Waals surface area contributed by atoms with Crippen LogP contribution in [0.3, 0.4) is 0 Å². The number of hydrogen-bond donors (Lipinski definition) is 0. The molecule has 5 heteroatoms. The van der Waals surface area contributed by atoms with Gasteiger partial charge in [-0.25, -0.2) is 0 Å². The summed E-state index contributed by atoms with van der Waals surface area (Å²) in [6, 6.07) is 4.38. The molecule has 1 aromatic rings. The van der Waals surface area contributed by atoms with Crippen LogP contribution >= 0.6 is 0 Å². The zero-order valence-electron chi connectivity index (χ0n) is 26.6. The molecule has 13 aliphatic rings. The van der Waals surface area contributed by atoms with Crippen LogP contribution in [0.25, 0.3) is 0 Å². The zero-order chi connectivity index (χ0) is 28.7. The van der Waals surface area contributed by atoms with E-state index in [-0.39, 0.29) is 22.9 Å². The van der Waals surface area contributed by atoms with Gasteiger partial charge in [-0.15, -0.1) is 0 Å². The molecular formula is C39H52O5. The highest BCUT2D eigenvalue weighted by Gasteiger charge is 2.57. The van der Waals surface area contributed by atoms with Crippen molar-refractivity contribution in [3.63, 3.8) is 0 Å². The molecule has 12 saturated carbocycles. The molecular weight excluding hydrogens is 548 g/mol. The summed E-state index contributed by atoms with van der Waals surface area (Å²) in [6.45, 7) is 1.39. The lowest BCUT2D eigenvalue weighted by molar-refractivity contribution is -0.127. The van der Waals surface area contributed by atoms with Gasteiger partial charge in [0.05, 0.1) is 6.61 Å². The molecule has 1 heterocycles. The van der Waals surface area contributed by atoms with Crippen molar-refractivity contribution in [1.82, 2.24) is 0 Å². The Morgan fingerprint density at radius 1 is 0.477 bits per heavy atom. The Labute approximate surface area is 263 Å². The maximum Gasteiger partial charge on any atom is 0.208 e. The van der Waals surface area contributed by atoms with Gasteiger partial charge in [-0.05, 0) is 181 Å². The normalized spacial score (nSPS) is 51.5. The van der Waals surface area contributed by atoms with Crippen molar-refractivity contribution in [1.29, 1.82) is 0 Å². The molecule has 238 valence electrons. The molecule has 12 aliphatic carbocycles. The molecule has 0 N–H and O–H groups in total. The third-order valence-corrected chi connectivity index (χ3v) is 14.8. The number of benzene rings is 1. The van der Waals surface area contributed by atoms with Crippen molar-refractivity contribution in [2.24, 2.45) is 53.3 Å². The van der Waals surface area contributed by atoms with E-state index in [2.05, 4.69) is 12.1 Å². The van der Waals surface area contributed by atoms with Gasteiger partial charge in [0.15, 0.2) is 11.5 Å². The number of rotatable bonds is 9. The minimum absolute atomic E-state index is 0.0312. The van der Waals surface area contributed by atoms with Crippen LogP contribution < -0.4 is 18.9 Å². The highest BCUT2D eigenvalue weighted by molar-refractivity contribution is 5.60. The fourth-order valence-electron chi connectivity index (χ4n) is 14.4. The lowest BCUT2D eigenvalue weighted by atomic mass is 9.54. The third kappa shape index (κ3) is 4.39. The maximum atomic E-state index is 7.61. The Morgan fingerprint density at radius 3 is 1.16 bits per heavy atom. The van der Waals surface area contributed by atoms with Crippen LogP contribution in [-0.2, 0) is 4.74 Å². The standard InChI is InChI=1S/C39H52O5/c1-2-34(42-37-12-23-3-24(13-37)5-25(4-23)14-37)36(44-39-18-29-9-30(19-39)11-31(10-29)20-39)35(33(1)41-22-32-21-40-32)43-38-15-26-6-27(16-38)8-28(7-26)17-38/h1-2,23-32H,3-22H2. The first-order chi connectivity index (χ1) is 21.4. The largest absolute Gasteiger partial charge is 0.487 e. The van der Waals surface area contributed by atoms with Crippen LogP contribution in [0.5, 0.6) is 23.0 Å². The second-order valence-electron chi connectivity index (χ2n) is 18.6. The molecule has 0 amide bonds. The van der Waals surface area contributed by atoms with E-state index >= 15 is 0 Å². The van der Waals surface area contributed by atoms with Gasteiger partial charge in [-0.2, -0.15) is 0 Å². The Kier molecular flexibility index (Phi) is 5.56. The van der Waals surface area contributed by atoms with Crippen LogP contribution in [0.2, 0.25) is 0 Å². The SMILES string of the molecule is c1cc(OC23CC4CC(CC(C4)C2)C3)c(OC23CC4CC(CC(C4)C2)C3)c(OC23CC4CC(CC(C4)C2)C3)c1OCC1CO1. The van der Waals surface area contributed by atoms with Crippen molar-refractivity contribution in [3.8, 4) is 23.0 Å².